The Morgan fingerprint density at radius 2 is 2.14 bits per heavy atom. The Morgan fingerprint density at radius 1 is 1.36 bits per heavy atom. The van der Waals surface area contributed by atoms with Crippen LogP contribution in [0, 0.1) is 13.8 Å². The van der Waals surface area contributed by atoms with Gasteiger partial charge in [-0.15, -0.1) is 0 Å². The molecule has 0 aliphatic carbocycles. The SMILES string of the molecule is Cc1cc(C)c(/C=N/NC(=O)COc2ccc(Cl)cc2Cl)[nH]1. The number of rotatable bonds is 5. The number of halogens is 2. The van der Waals surface area contributed by atoms with Gasteiger partial charge in [-0.25, -0.2) is 5.43 Å². The molecule has 5 nitrogen and oxygen atoms in total. The lowest BCUT2D eigenvalue weighted by Gasteiger charge is -2.06. The van der Waals surface area contributed by atoms with Crippen LogP contribution in [0.4, 0.5) is 0 Å². The fraction of sp³-hybridized carbons (Fsp3) is 0.200. The van der Waals surface area contributed by atoms with Gasteiger partial charge in [0.05, 0.1) is 16.9 Å². The van der Waals surface area contributed by atoms with Crippen LogP contribution in [0.15, 0.2) is 29.4 Å². The predicted molar refractivity (Wildman–Crippen MR) is 88.0 cm³/mol. The number of nitrogens with zero attached hydrogens (tertiary/aromatic N) is 1. The van der Waals surface area contributed by atoms with Crippen molar-refractivity contribution in [3.63, 3.8) is 0 Å². The molecule has 0 radical (unpaired) electrons. The number of carbonyl (C=O) groups is 1. The van der Waals surface area contributed by atoms with Gasteiger partial charge >= 0.3 is 0 Å². The summed E-state index contributed by atoms with van der Waals surface area (Å²) >= 11 is 11.7. The van der Waals surface area contributed by atoms with Gasteiger partial charge < -0.3 is 9.72 Å². The third kappa shape index (κ3) is 4.51. The van der Waals surface area contributed by atoms with Gasteiger partial charge in [-0.1, -0.05) is 23.2 Å². The Labute approximate surface area is 138 Å². The lowest BCUT2D eigenvalue weighted by atomic mass is 10.3. The van der Waals surface area contributed by atoms with E-state index in [2.05, 4.69) is 15.5 Å². The summed E-state index contributed by atoms with van der Waals surface area (Å²) in [4.78, 5) is 14.8. The molecule has 7 heteroatoms. The molecule has 0 bridgehead atoms. The van der Waals surface area contributed by atoms with E-state index in [0.717, 1.165) is 17.0 Å². The zero-order valence-electron chi connectivity index (χ0n) is 12.1. The minimum absolute atomic E-state index is 0.193. The molecule has 116 valence electrons. The number of carbonyl (C=O) groups excluding carboxylic acids is 1. The van der Waals surface area contributed by atoms with Gasteiger partial charge in [-0.2, -0.15) is 5.10 Å². The van der Waals surface area contributed by atoms with Gasteiger partial charge in [0.2, 0.25) is 0 Å². The first-order valence-electron chi connectivity index (χ1n) is 6.51. The van der Waals surface area contributed by atoms with Crippen molar-refractivity contribution < 1.29 is 9.53 Å². The second-order valence-corrected chi connectivity index (χ2v) is 5.55. The molecule has 0 fully saturated rings. The highest BCUT2D eigenvalue weighted by atomic mass is 35.5. The fourth-order valence-corrected chi connectivity index (χ4v) is 2.28. The summed E-state index contributed by atoms with van der Waals surface area (Å²) in [5, 5.41) is 4.73. The molecule has 0 saturated carbocycles. The highest BCUT2D eigenvalue weighted by Gasteiger charge is 2.06. The van der Waals surface area contributed by atoms with E-state index < -0.39 is 0 Å². The Hall–Kier alpha value is -1.98. The van der Waals surface area contributed by atoms with Crippen molar-refractivity contribution in [1.29, 1.82) is 0 Å². The summed E-state index contributed by atoms with van der Waals surface area (Å²) in [6, 6.07) is 6.78. The number of H-pyrrole nitrogens is 1. The third-order valence-corrected chi connectivity index (χ3v) is 3.36. The first kappa shape index (κ1) is 16.4. The van der Waals surface area contributed by atoms with Crippen LogP contribution in [0.25, 0.3) is 0 Å². The van der Waals surface area contributed by atoms with E-state index in [1.54, 1.807) is 24.4 Å². The second-order valence-electron chi connectivity index (χ2n) is 4.71. The number of amides is 1. The van der Waals surface area contributed by atoms with Crippen molar-refractivity contribution in [2.45, 2.75) is 13.8 Å². The van der Waals surface area contributed by atoms with E-state index in [1.807, 2.05) is 19.9 Å². The molecule has 2 rings (SSSR count). The van der Waals surface area contributed by atoms with Crippen molar-refractivity contribution in [3.05, 3.63) is 51.3 Å². The van der Waals surface area contributed by atoms with Crippen LogP contribution >= 0.6 is 23.2 Å². The van der Waals surface area contributed by atoms with Gasteiger partial charge in [0, 0.05) is 10.7 Å². The molecule has 1 heterocycles. The summed E-state index contributed by atoms with van der Waals surface area (Å²) in [6.45, 7) is 3.71. The van der Waals surface area contributed by atoms with Gasteiger partial charge in [-0.05, 0) is 43.7 Å². The maximum absolute atomic E-state index is 11.6. The smallest absolute Gasteiger partial charge is 0.277 e. The van der Waals surface area contributed by atoms with Gasteiger partial charge in [-0.3, -0.25) is 4.79 Å². The number of hydrazone groups is 1. The van der Waals surface area contributed by atoms with Crippen LogP contribution in [0.1, 0.15) is 17.0 Å². The summed E-state index contributed by atoms with van der Waals surface area (Å²) < 4.78 is 5.30. The maximum Gasteiger partial charge on any atom is 0.277 e. The molecule has 2 N–H and O–H groups in total. The van der Waals surface area contributed by atoms with Crippen LogP contribution in [-0.2, 0) is 4.79 Å². The largest absolute Gasteiger partial charge is 0.482 e. The number of benzene rings is 1. The van der Waals surface area contributed by atoms with Crippen LogP contribution in [0.3, 0.4) is 0 Å². The van der Waals surface area contributed by atoms with Crippen molar-refractivity contribution >= 4 is 35.3 Å². The predicted octanol–water partition coefficient (Wildman–Crippen LogP) is 3.47. The van der Waals surface area contributed by atoms with E-state index in [1.165, 1.54) is 0 Å². The molecule has 0 unspecified atom stereocenters. The first-order valence-corrected chi connectivity index (χ1v) is 7.27. The van der Waals surface area contributed by atoms with Gasteiger partial charge in [0.15, 0.2) is 6.61 Å². The molecule has 22 heavy (non-hydrogen) atoms. The highest BCUT2D eigenvalue weighted by Crippen LogP contribution is 2.27. The molecule has 0 aliphatic heterocycles. The lowest BCUT2D eigenvalue weighted by Crippen LogP contribution is -2.24. The Kier molecular flexibility index (Phi) is 5.46. The van der Waals surface area contributed by atoms with Crippen LogP contribution in [-0.4, -0.2) is 23.7 Å². The van der Waals surface area contributed by atoms with E-state index in [4.69, 9.17) is 27.9 Å². The maximum atomic E-state index is 11.6. The zero-order chi connectivity index (χ0) is 16.1. The Bertz CT molecular complexity index is 711. The second kappa shape index (κ2) is 7.33. The standard InChI is InChI=1S/C15H15Cl2N3O2/c1-9-5-10(2)19-13(9)7-18-20-15(21)8-22-14-4-3-11(16)6-12(14)17/h3-7,19H,8H2,1-2H3,(H,20,21)/b18-7+. The first-order chi connectivity index (χ1) is 10.5. The van der Waals surface area contributed by atoms with Crippen molar-refractivity contribution in [2.24, 2.45) is 5.10 Å². The van der Waals surface area contributed by atoms with Crippen molar-refractivity contribution in [2.75, 3.05) is 6.61 Å². The Balaban J connectivity index is 1.84. The molecule has 1 aromatic heterocycles. The van der Waals surface area contributed by atoms with E-state index in [0.29, 0.717) is 15.8 Å². The molecule has 1 aromatic carbocycles. The summed E-state index contributed by atoms with van der Waals surface area (Å²) in [5.41, 5.74) is 5.32. The number of aromatic nitrogens is 1. The number of ether oxygens (including phenoxy) is 1. The molecular formula is C15H15Cl2N3O2. The molecule has 2 aromatic rings. The fourth-order valence-electron chi connectivity index (χ4n) is 1.82. The van der Waals surface area contributed by atoms with Gasteiger partial charge in [0.1, 0.15) is 5.75 Å². The monoisotopic (exact) mass is 339 g/mol. The summed E-state index contributed by atoms with van der Waals surface area (Å²) in [6.07, 6.45) is 1.55. The number of hydrogen-bond acceptors (Lipinski definition) is 3. The zero-order valence-corrected chi connectivity index (χ0v) is 13.6. The number of aromatic amines is 1. The topological polar surface area (TPSA) is 66.5 Å². The third-order valence-electron chi connectivity index (χ3n) is 2.83. The number of aryl methyl sites for hydroxylation is 2. The van der Waals surface area contributed by atoms with Crippen LogP contribution in [0.5, 0.6) is 5.75 Å². The number of nitrogens with one attached hydrogen (secondary N) is 2. The quantitative estimate of drug-likeness (QED) is 0.647. The Morgan fingerprint density at radius 3 is 2.77 bits per heavy atom. The lowest BCUT2D eigenvalue weighted by molar-refractivity contribution is -0.123. The number of hydrogen-bond donors (Lipinski definition) is 2. The molecule has 0 aliphatic rings. The normalized spacial score (nSPS) is 10.9. The van der Waals surface area contributed by atoms with E-state index in [-0.39, 0.29) is 12.5 Å². The average molecular weight is 340 g/mol. The highest BCUT2D eigenvalue weighted by molar-refractivity contribution is 6.35. The van der Waals surface area contributed by atoms with E-state index >= 15 is 0 Å². The molecule has 1 amide bonds. The molecular weight excluding hydrogens is 325 g/mol. The minimum atomic E-state index is -0.386. The van der Waals surface area contributed by atoms with Crippen molar-refractivity contribution in [3.8, 4) is 5.75 Å². The summed E-state index contributed by atoms with van der Waals surface area (Å²) in [5.74, 6) is 0.00392. The van der Waals surface area contributed by atoms with E-state index in [9.17, 15) is 4.79 Å². The summed E-state index contributed by atoms with van der Waals surface area (Å²) in [7, 11) is 0. The molecule has 0 spiro atoms. The average Bonchev–Trinajstić information content (AvgIpc) is 2.76. The molecule has 0 atom stereocenters. The molecule has 0 saturated heterocycles. The van der Waals surface area contributed by atoms with Crippen LogP contribution in [0.2, 0.25) is 10.0 Å². The van der Waals surface area contributed by atoms with Gasteiger partial charge in [0.25, 0.3) is 5.91 Å². The minimum Gasteiger partial charge on any atom is -0.482 e. The van der Waals surface area contributed by atoms with Crippen LogP contribution < -0.4 is 10.2 Å². The van der Waals surface area contributed by atoms with Crippen molar-refractivity contribution in [1.82, 2.24) is 10.4 Å².